The van der Waals surface area contributed by atoms with Gasteiger partial charge in [0.2, 0.25) is 11.7 Å². The third-order valence-corrected chi connectivity index (χ3v) is 6.96. The van der Waals surface area contributed by atoms with Crippen molar-refractivity contribution in [3.05, 3.63) is 41.3 Å². The third kappa shape index (κ3) is 6.49. The van der Waals surface area contributed by atoms with Gasteiger partial charge in [-0.2, -0.15) is 18.2 Å². The molecule has 14 heteroatoms. The van der Waals surface area contributed by atoms with Crippen LogP contribution < -0.4 is 15.5 Å². The smallest absolute Gasteiger partial charge is 0.393 e. The minimum Gasteiger partial charge on any atom is -0.393 e. The number of aromatic nitrogens is 3. The SMILES string of the molecule is CCN(c1cccc2c1cc(-c1noc(CNC(=O)/C(S)=C/NC)n1)n2CC(F)(F)F)C1CCN(C)CC1F. The quantitative estimate of drug-likeness (QED) is 0.206. The van der Waals surface area contributed by atoms with Crippen LogP contribution in [-0.4, -0.2) is 77.6 Å². The minimum atomic E-state index is -4.53. The first-order chi connectivity index (χ1) is 18.5. The number of anilines is 1. The van der Waals surface area contributed by atoms with Gasteiger partial charge in [-0.15, -0.1) is 12.6 Å². The van der Waals surface area contributed by atoms with Crippen molar-refractivity contribution in [3.63, 3.8) is 0 Å². The van der Waals surface area contributed by atoms with Crippen molar-refractivity contribution in [1.29, 1.82) is 0 Å². The van der Waals surface area contributed by atoms with Crippen LogP contribution in [0, 0.1) is 0 Å². The molecule has 2 N–H and O–H groups in total. The molecule has 0 saturated carbocycles. The van der Waals surface area contributed by atoms with Crippen LogP contribution >= 0.6 is 12.6 Å². The van der Waals surface area contributed by atoms with Crippen LogP contribution in [0.5, 0.6) is 0 Å². The maximum atomic E-state index is 15.1. The molecular formula is C25H31F4N7O2S. The maximum absolute atomic E-state index is 15.1. The number of fused-ring (bicyclic) bond motifs is 1. The molecule has 1 amide bonds. The van der Waals surface area contributed by atoms with Crippen molar-refractivity contribution in [2.24, 2.45) is 0 Å². The number of amides is 1. The Balaban J connectivity index is 1.72. The van der Waals surface area contributed by atoms with E-state index in [0.717, 1.165) is 11.1 Å². The Morgan fingerprint density at radius 2 is 2.13 bits per heavy atom. The van der Waals surface area contributed by atoms with E-state index in [2.05, 4.69) is 33.4 Å². The molecule has 0 aliphatic carbocycles. The first-order valence-corrected chi connectivity index (χ1v) is 12.9. The van der Waals surface area contributed by atoms with Crippen LogP contribution in [-0.2, 0) is 17.9 Å². The fourth-order valence-electron chi connectivity index (χ4n) is 4.91. The molecule has 39 heavy (non-hydrogen) atoms. The number of carbonyl (C=O) groups excluding carboxylic acids is 1. The molecular weight excluding hydrogens is 538 g/mol. The van der Waals surface area contributed by atoms with Gasteiger partial charge in [0.25, 0.3) is 5.91 Å². The molecule has 1 saturated heterocycles. The Hall–Kier alpha value is -3.26. The third-order valence-electron chi connectivity index (χ3n) is 6.63. The Labute approximate surface area is 228 Å². The molecule has 4 rings (SSSR count). The van der Waals surface area contributed by atoms with Gasteiger partial charge in [-0.3, -0.25) is 4.79 Å². The molecule has 1 fully saturated rings. The molecule has 0 spiro atoms. The van der Waals surface area contributed by atoms with E-state index in [1.807, 2.05) is 23.8 Å². The highest BCUT2D eigenvalue weighted by Gasteiger charge is 2.34. The van der Waals surface area contributed by atoms with Gasteiger partial charge < -0.3 is 29.5 Å². The van der Waals surface area contributed by atoms with E-state index < -0.39 is 30.8 Å². The second-order valence-corrected chi connectivity index (χ2v) is 9.86. The molecule has 9 nitrogen and oxygen atoms in total. The predicted molar refractivity (Wildman–Crippen MR) is 143 cm³/mol. The lowest BCUT2D eigenvalue weighted by atomic mass is 10.00. The van der Waals surface area contributed by atoms with E-state index in [1.54, 1.807) is 31.3 Å². The van der Waals surface area contributed by atoms with Crippen molar-refractivity contribution in [2.75, 3.05) is 38.6 Å². The zero-order chi connectivity index (χ0) is 28.3. The van der Waals surface area contributed by atoms with Crippen molar-refractivity contribution >= 4 is 35.1 Å². The van der Waals surface area contributed by atoms with Crippen LogP contribution in [0.3, 0.4) is 0 Å². The molecule has 2 unspecified atom stereocenters. The summed E-state index contributed by atoms with van der Waals surface area (Å²) in [5.41, 5.74) is 1.05. The molecule has 0 radical (unpaired) electrons. The molecule has 2 atom stereocenters. The summed E-state index contributed by atoms with van der Waals surface area (Å²) in [7, 11) is 3.48. The number of thiol groups is 1. The molecule has 3 heterocycles. The van der Waals surface area contributed by atoms with E-state index in [1.165, 1.54) is 6.20 Å². The van der Waals surface area contributed by atoms with Crippen LogP contribution in [0.1, 0.15) is 19.2 Å². The summed E-state index contributed by atoms with van der Waals surface area (Å²) in [4.78, 5) is 20.3. The Morgan fingerprint density at radius 3 is 2.79 bits per heavy atom. The van der Waals surface area contributed by atoms with E-state index >= 15 is 4.39 Å². The number of rotatable bonds is 9. The summed E-state index contributed by atoms with van der Waals surface area (Å²) in [6, 6.07) is 6.23. The number of piperidine rings is 1. The topological polar surface area (TPSA) is 91.5 Å². The van der Waals surface area contributed by atoms with Gasteiger partial charge >= 0.3 is 6.18 Å². The first-order valence-electron chi connectivity index (χ1n) is 12.5. The highest BCUT2D eigenvalue weighted by molar-refractivity contribution is 7.85. The normalized spacial score (nSPS) is 18.9. The number of hydrogen-bond donors (Lipinski definition) is 3. The standard InChI is InChI=1S/C25H31F4N7O2S/c1-4-35(19-8-9-34(3)13-16(19)26)17-6-5-7-18-15(17)10-20(36(18)14-25(27,28)29)23-32-22(38-33-23)12-31-24(37)21(39)11-30-2/h5-7,10-11,16,19,30,39H,4,8-9,12-14H2,1-3H3,(H,31,37)/b21-11-. The molecule has 1 aromatic carbocycles. The number of hydrogen-bond acceptors (Lipinski definition) is 8. The van der Waals surface area contributed by atoms with Gasteiger partial charge in [0.05, 0.1) is 28.7 Å². The number of alkyl halides is 4. The Kier molecular flexibility index (Phi) is 8.74. The van der Waals surface area contributed by atoms with Gasteiger partial charge in [-0.1, -0.05) is 11.2 Å². The van der Waals surface area contributed by atoms with E-state index in [9.17, 15) is 18.0 Å². The maximum Gasteiger partial charge on any atom is 0.406 e. The molecule has 3 aromatic rings. The number of halogens is 4. The van der Waals surface area contributed by atoms with Crippen LogP contribution in [0.15, 0.2) is 39.9 Å². The summed E-state index contributed by atoms with van der Waals surface area (Å²) in [5, 5.41) is 9.65. The van der Waals surface area contributed by atoms with Crippen molar-refractivity contribution in [3.8, 4) is 11.5 Å². The number of benzene rings is 1. The Bertz CT molecular complexity index is 1340. The zero-order valence-corrected chi connectivity index (χ0v) is 22.7. The lowest BCUT2D eigenvalue weighted by molar-refractivity contribution is -0.139. The summed E-state index contributed by atoms with van der Waals surface area (Å²) < 4.78 is 62.5. The van der Waals surface area contributed by atoms with E-state index in [4.69, 9.17) is 4.52 Å². The zero-order valence-electron chi connectivity index (χ0n) is 21.8. The average Bonchev–Trinajstić information content (AvgIpc) is 3.48. The number of nitrogens with zero attached hydrogens (tertiary/aromatic N) is 5. The van der Waals surface area contributed by atoms with Crippen LogP contribution in [0.2, 0.25) is 0 Å². The van der Waals surface area contributed by atoms with Crippen LogP contribution in [0.4, 0.5) is 23.2 Å². The molecule has 1 aliphatic heterocycles. The Morgan fingerprint density at radius 1 is 1.36 bits per heavy atom. The van der Waals surface area contributed by atoms with Gasteiger partial charge in [-0.25, -0.2) is 4.39 Å². The van der Waals surface area contributed by atoms with Gasteiger partial charge in [0.15, 0.2) is 0 Å². The van der Waals surface area contributed by atoms with Crippen molar-refractivity contribution in [2.45, 2.75) is 44.8 Å². The molecule has 2 aromatic heterocycles. The highest BCUT2D eigenvalue weighted by atomic mass is 32.1. The lowest BCUT2D eigenvalue weighted by Crippen LogP contribution is -2.51. The van der Waals surface area contributed by atoms with Gasteiger partial charge in [0, 0.05) is 44.0 Å². The van der Waals surface area contributed by atoms with E-state index in [-0.39, 0.29) is 28.9 Å². The second-order valence-electron chi connectivity index (χ2n) is 9.37. The summed E-state index contributed by atoms with van der Waals surface area (Å²) in [5.74, 6) is -0.550. The number of carbonyl (C=O) groups is 1. The monoisotopic (exact) mass is 569 g/mol. The van der Waals surface area contributed by atoms with Crippen LogP contribution in [0.25, 0.3) is 22.4 Å². The fourth-order valence-corrected chi connectivity index (χ4v) is 5.12. The van der Waals surface area contributed by atoms with Crippen molar-refractivity contribution < 1.29 is 26.9 Å². The second kappa shape index (κ2) is 11.9. The van der Waals surface area contributed by atoms with Crippen molar-refractivity contribution in [1.82, 2.24) is 30.2 Å². The molecule has 0 bridgehead atoms. The average molecular weight is 570 g/mol. The fraction of sp³-hybridized carbons (Fsp3) is 0.480. The summed E-state index contributed by atoms with van der Waals surface area (Å²) >= 11 is 4.06. The summed E-state index contributed by atoms with van der Waals surface area (Å²) in [6.45, 7) is 1.97. The largest absolute Gasteiger partial charge is 0.406 e. The molecule has 1 aliphatic rings. The van der Waals surface area contributed by atoms with Gasteiger partial charge in [0.1, 0.15) is 12.7 Å². The lowest BCUT2D eigenvalue weighted by Gasteiger charge is -2.40. The number of nitrogens with one attached hydrogen (secondary N) is 2. The van der Waals surface area contributed by atoms with Gasteiger partial charge in [-0.05, 0) is 38.6 Å². The first kappa shape index (κ1) is 28.7. The summed E-state index contributed by atoms with van der Waals surface area (Å²) in [6.07, 6.45) is -3.65. The minimum absolute atomic E-state index is 0.00904. The van der Waals surface area contributed by atoms with E-state index in [0.29, 0.717) is 36.1 Å². The predicted octanol–water partition coefficient (Wildman–Crippen LogP) is 3.73. The highest BCUT2D eigenvalue weighted by Crippen LogP contribution is 2.37. The number of likely N-dealkylation sites (tertiary alicyclic amines) is 1. The molecule has 212 valence electrons.